The number of halogens is 2. The molecule has 35 heavy (non-hydrogen) atoms. The Kier molecular flexibility index (Phi) is 5.14. The molecule has 0 amide bonds. The number of pyridine rings is 1. The molecule has 10 heteroatoms. The van der Waals surface area contributed by atoms with E-state index >= 15 is 0 Å². The average molecular weight is 478 g/mol. The number of alkyl halides is 1. The second-order valence-electron chi connectivity index (χ2n) is 9.21. The fraction of sp³-hybridized carbons (Fsp3) is 0.360. The van der Waals surface area contributed by atoms with Crippen molar-refractivity contribution in [1.82, 2.24) is 29.6 Å². The molecule has 0 bridgehead atoms. The van der Waals surface area contributed by atoms with Crippen LogP contribution < -0.4 is 16.2 Å². The van der Waals surface area contributed by atoms with Crippen LogP contribution in [0, 0.1) is 5.82 Å². The Bertz CT molecular complexity index is 1510. The molecule has 1 aromatic carbocycles. The van der Waals surface area contributed by atoms with E-state index in [1.807, 2.05) is 13.0 Å². The molecule has 0 unspecified atom stereocenters. The van der Waals surface area contributed by atoms with Crippen LogP contribution in [0.15, 0.2) is 41.3 Å². The van der Waals surface area contributed by atoms with Gasteiger partial charge in [0.25, 0.3) is 5.56 Å². The number of rotatable bonds is 6. The molecular formula is C25H25F2N7O. The fourth-order valence-corrected chi connectivity index (χ4v) is 4.80. The Hall–Kier alpha value is -3.66. The van der Waals surface area contributed by atoms with Crippen LogP contribution in [0.3, 0.4) is 0 Å². The van der Waals surface area contributed by atoms with Crippen molar-refractivity contribution in [3.63, 3.8) is 0 Å². The number of anilines is 2. The van der Waals surface area contributed by atoms with E-state index in [-0.39, 0.29) is 11.3 Å². The summed E-state index contributed by atoms with van der Waals surface area (Å²) in [6.45, 7) is 3.29. The number of benzene rings is 1. The smallest absolute Gasteiger partial charge is 0.278 e. The Labute approximate surface area is 200 Å². The molecule has 0 spiro atoms. The van der Waals surface area contributed by atoms with E-state index in [9.17, 15) is 13.6 Å². The van der Waals surface area contributed by atoms with Crippen LogP contribution in [0.2, 0.25) is 0 Å². The van der Waals surface area contributed by atoms with Gasteiger partial charge in [0.1, 0.15) is 17.9 Å². The number of hydrogen-bond donors (Lipinski definition) is 2. The molecule has 1 aliphatic carbocycles. The summed E-state index contributed by atoms with van der Waals surface area (Å²) in [5, 5.41) is 6.92. The molecule has 180 valence electrons. The van der Waals surface area contributed by atoms with Gasteiger partial charge in [-0.15, -0.1) is 0 Å². The summed E-state index contributed by atoms with van der Waals surface area (Å²) in [6.07, 6.45) is 3.59. The molecule has 2 aliphatic rings. The van der Waals surface area contributed by atoms with Crippen LogP contribution in [0.4, 0.5) is 20.4 Å². The van der Waals surface area contributed by atoms with Gasteiger partial charge in [0.05, 0.1) is 5.69 Å². The Balaban J connectivity index is 1.45. The number of fused-ring (bicyclic) bond motifs is 2. The summed E-state index contributed by atoms with van der Waals surface area (Å²) in [7, 11) is 0. The minimum Gasteiger partial charge on any atom is -0.324 e. The predicted octanol–water partition coefficient (Wildman–Crippen LogP) is 3.53. The van der Waals surface area contributed by atoms with Gasteiger partial charge >= 0.3 is 0 Å². The fourth-order valence-electron chi connectivity index (χ4n) is 4.80. The maximum Gasteiger partial charge on any atom is 0.278 e. The van der Waals surface area contributed by atoms with E-state index in [2.05, 4.69) is 37.7 Å². The maximum atomic E-state index is 14.6. The third kappa shape index (κ3) is 3.59. The van der Waals surface area contributed by atoms with Crippen LogP contribution in [-0.2, 0) is 24.9 Å². The van der Waals surface area contributed by atoms with E-state index < -0.39 is 17.9 Å². The Morgan fingerprint density at radius 3 is 2.80 bits per heavy atom. The SMILES string of the molecule is CCn1c(=O)c2cnc(Nc3ccc4c(c3)CNCC4)nc2n1-c1ccc(F)c(C2(CF)CC2)n1. The van der Waals surface area contributed by atoms with E-state index in [1.54, 1.807) is 4.68 Å². The zero-order valence-corrected chi connectivity index (χ0v) is 19.3. The van der Waals surface area contributed by atoms with Gasteiger partial charge in [0.2, 0.25) is 5.95 Å². The van der Waals surface area contributed by atoms with Crippen LogP contribution in [-0.4, -0.2) is 37.5 Å². The molecule has 1 saturated carbocycles. The first-order valence-electron chi connectivity index (χ1n) is 11.8. The molecule has 0 radical (unpaired) electrons. The lowest BCUT2D eigenvalue weighted by Crippen LogP contribution is -2.23. The van der Waals surface area contributed by atoms with E-state index in [1.165, 1.54) is 34.1 Å². The second kappa shape index (κ2) is 8.23. The van der Waals surface area contributed by atoms with Gasteiger partial charge in [0.15, 0.2) is 11.5 Å². The van der Waals surface area contributed by atoms with Crippen molar-refractivity contribution in [2.75, 3.05) is 18.5 Å². The number of aromatic nitrogens is 5. The molecule has 4 heterocycles. The lowest BCUT2D eigenvalue weighted by atomic mass is 10.0. The lowest BCUT2D eigenvalue weighted by Gasteiger charge is -2.18. The third-order valence-electron chi connectivity index (χ3n) is 6.98. The van der Waals surface area contributed by atoms with Gasteiger partial charge in [-0.25, -0.2) is 23.7 Å². The Morgan fingerprint density at radius 2 is 2.03 bits per heavy atom. The van der Waals surface area contributed by atoms with Gasteiger partial charge in [-0.3, -0.25) is 9.18 Å². The highest BCUT2D eigenvalue weighted by Gasteiger charge is 2.48. The molecule has 4 aromatic rings. The highest BCUT2D eigenvalue weighted by molar-refractivity contribution is 5.77. The minimum absolute atomic E-state index is 0.101. The molecule has 1 aliphatic heterocycles. The topological polar surface area (TPSA) is 89.7 Å². The monoisotopic (exact) mass is 477 g/mol. The maximum absolute atomic E-state index is 14.6. The molecule has 0 saturated heterocycles. The third-order valence-corrected chi connectivity index (χ3v) is 6.98. The van der Waals surface area contributed by atoms with Crippen molar-refractivity contribution < 1.29 is 8.78 Å². The summed E-state index contributed by atoms with van der Waals surface area (Å²) < 4.78 is 31.3. The van der Waals surface area contributed by atoms with Crippen molar-refractivity contribution in [1.29, 1.82) is 0 Å². The van der Waals surface area contributed by atoms with Crippen molar-refractivity contribution >= 4 is 22.7 Å². The average Bonchev–Trinajstić information content (AvgIpc) is 3.63. The lowest BCUT2D eigenvalue weighted by molar-refractivity contribution is 0.398. The molecule has 8 nitrogen and oxygen atoms in total. The van der Waals surface area contributed by atoms with Gasteiger partial charge < -0.3 is 10.6 Å². The zero-order valence-electron chi connectivity index (χ0n) is 19.3. The first-order chi connectivity index (χ1) is 17.0. The molecule has 0 atom stereocenters. The molecule has 3 aromatic heterocycles. The summed E-state index contributed by atoms with van der Waals surface area (Å²) >= 11 is 0. The summed E-state index contributed by atoms with van der Waals surface area (Å²) in [6, 6.07) is 8.93. The second-order valence-corrected chi connectivity index (χ2v) is 9.21. The zero-order chi connectivity index (χ0) is 24.2. The predicted molar refractivity (Wildman–Crippen MR) is 129 cm³/mol. The summed E-state index contributed by atoms with van der Waals surface area (Å²) in [5.74, 6) is 0.109. The van der Waals surface area contributed by atoms with Crippen LogP contribution in [0.25, 0.3) is 16.9 Å². The van der Waals surface area contributed by atoms with Gasteiger partial charge in [-0.05, 0) is 68.1 Å². The molecule has 1 fully saturated rings. The van der Waals surface area contributed by atoms with Crippen molar-refractivity contribution in [3.05, 3.63) is 69.5 Å². The summed E-state index contributed by atoms with van der Waals surface area (Å²) in [4.78, 5) is 26.5. The van der Waals surface area contributed by atoms with E-state index in [4.69, 9.17) is 0 Å². The number of nitrogens with zero attached hydrogens (tertiary/aromatic N) is 5. The summed E-state index contributed by atoms with van der Waals surface area (Å²) in [5.41, 5.74) is 2.70. The normalized spacial score (nSPS) is 16.3. The van der Waals surface area contributed by atoms with Crippen molar-refractivity contribution in [2.24, 2.45) is 0 Å². The van der Waals surface area contributed by atoms with Crippen molar-refractivity contribution in [2.45, 2.75) is 44.7 Å². The first-order valence-corrected chi connectivity index (χ1v) is 11.8. The first kappa shape index (κ1) is 21.8. The standard InChI is InChI=1S/C25H25F2N7O/c1-2-33-23(35)18-13-29-24(30-17-4-3-15-7-10-28-12-16(15)11-17)32-22(18)34(33)20-6-5-19(27)21(31-20)25(14-26)8-9-25/h3-6,11,13,28H,2,7-10,12,14H2,1H3,(H,29,30,32). The Morgan fingerprint density at radius 1 is 1.17 bits per heavy atom. The largest absolute Gasteiger partial charge is 0.324 e. The number of hydrogen-bond acceptors (Lipinski definition) is 6. The highest BCUT2D eigenvalue weighted by atomic mass is 19.1. The molecule has 2 N–H and O–H groups in total. The molecule has 6 rings (SSSR count). The van der Waals surface area contributed by atoms with Gasteiger partial charge in [0, 0.05) is 30.4 Å². The van der Waals surface area contributed by atoms with Crippen LogP contribution in [0.5, 0.6) is 0 Å². The number of nitrogens with one attached hydrogen (secondary N) is 2. The quantitative estimate of drug-likeness (QED) is 0.442. The van der Waals surface area contributed by atoms with E-state index in [0.717, 1.165) is 25.2 Å². The van der Waals surface area contributed by atoms with Gasteiger partial charge in [-0.2, -0.15) is 4.98 Å². The van der Waals surface area contributed by atoms with Gasteiger partial charge in [-0.1, -0.05) is 6.07 Å². The minimum atomic E-state index is -0.872. The van der Waals surface area contributed by atoms with Crippen molar-refractivity contribution in [3.8, 4) is 5.82 Å². The molecular weight excluding hydrogens is 452 g/mol. The van der Waals surface area contributed by atoms with Crippen LogP contribution >= 0.6 is 0 Å². The van der Waals surface area contributed by atoms with E-state index in [0.29, 0.717) is 42.2 Å². The highest BCUT2D eigenvalue weighted by Crippen LogP contribution is 2.48. The van der Waals surface area contributed by atoms with Crippen LogP contribution in [0.1, 0.15) is 36.6 Å².